The maximum absolute atomic E-state index is 8.85. The Labute approximate surface area is 93.5 Å². The smallest absolute Gasteiger partial charge is 0.0953 e. The molecule has 0 heterocycles. The van der Waals surface area contributed by atoms with Crippen molar-refractivity contribution >= 4 is 0 Å². The van der Waals surface area contributed by atoms with Gasteiger partial charge < -0.3 is 10.4 Å². The molecule has 0 aromatic carbocycles. The topological polar surface area (TPSA) is 56.0 Å². The lowest BCUT2D eigenvalue weighted by molar-refractivity contribution is 0.284. The molecule has 3 heteroatoms. The molecule has 0 rings (SSSR count). The van der Waals surface area contributed by atoms with E-state index in [1.807, 2.05) is 0 Å². The van der Waals surface area contributed by atoms with Crippen LogP contribution in [-0.4, -0.2) is 24.3 Å². The highest BCUT2D eigenvalue weighted by molar-refractivity contribution is 4.89. The highest BCUT2D eigenvalue weighted by Gasteiger charge is 2.04. The highest BCUT2D eigenvalue weighted by Crippen LogP contribution is 2.06. The van der Waals surface area contributed by atoms with Gasteiger partial charge in [0.25, 0.3) is 0 Å². The van der Waals surface area contributed by atoms with E-state index in [4.69, 9.17) is 10.4 Å². The van der Waals surface area contributed by atoms with Gasteiger partial charge in [-0.05, 0) is 19.4 Å². The van der Waals surface area contributed by atoms with E-state index in [0.717, 1.165) is 25.8 Å². The van der Waals surface area contributed by atoms with E-state index in [9.17, 15) is 0 Å². The zero-order chi connectivity index (χ0) is 11.4. The van der Waals surface area contributed by atoms with E-state index < -0.39 is 0 Å². The van der Waals surface area contributed by atoms with Crippen molar-refractivity contribution in [2.45, 2.75) is 57.9 Å². The highest BCUT2D eigenvalue weighted by atomic mass is 16.3. The number of aliphatic hydroxyl groups is 1. The SMILES string of the molecule is CCCCCCCC(C#N)NCCCO. The molecule has 0 saturated heterocycles. The Morgan fingerprint density at radius 1 is 1.20 bits per heavy atom. The Bertz CT molecular complexity index is 165. The minimum absolute atomic E-state index is 0.0295. The van der Waals surface area contributed by atoms with Gasteiger partial charge in [-0.15, -0.1) is 0 Å². The van der Waals surface area contributed by atoms with Crippen LogP contribution in [0, 0.1) is 11.3 Å². The molecule has 0 spiro atoms. The Morgan fingerprint density at radius 3 is 2.53 bits per heavy atom. The molecule has 0 fully saturated rings. The van der Waals surface area contributed by atoms with Crippen molar-refractivity contribution < 1.29 is 5.11 Å². The average molecular weight is 212 g/mol. The van der Waals surface area contributed by atoms with Crippen LogP contribution in [0.5, 0.6) is 0 Å². The maximum atomic E-state index is 8.85. The molecule has 0 aromatic heterocycles. The van der Waals surface area contributed by atoms with Crippen molar-refractivity contribution in [1.29, 1.82) is 5.26 Å². The molecule has 0 bridgehead atoms. The van der Waals surface area contributed by atoms with Crippen LogP contribution in [-0.2, 0) is 0 Å². The minimum atomic E-state index is -0.0295. The Morgan fingerprint density at radius 2 is 1.93 bits per heavy atom. The summed E-state index contributed by atoms with van der Waals surface area (Å²) in [7, 11) is 0. The summed E-state index contributed by atoms with van der Waals surface area (Å²) in [6.45, 7) is 3.14. The molecule has 0 aliphatic carbocycles. The third-order valence-electron chi connectivity index (χ3n) is 2.48. The summed E-state index contributed by atoms with van der Waals surface area (Å²) >= 11 is 0. The fourth-order valence-corrected chi connectivity index (χ4v) is 1.52. The third-order valence-corrected chi connectivity index (χ3v) is 2.48. The first-order valence-corrected chi connectivity index (χ1v) is 6.09. The summed E-state index contributed by atoms with van der Waals surface area (Å²) in [6.07, 6.45) is 7.87. The predicted octanol–water partition coefficient (Wildman–Crippen LogP) is 2.21. The van der Waals surface area contributed by atoms with Gasteiger partial charge in [0.15, 0.2) is 0 Å². The average Bonchev–Trinajstić information content (AvgIpc) is 2.26. The number of nitrogens with zero attached hydrogens (tertiary/aromatic N) is 1. The molecule has 3 nitrogen and oxygen atoms in total. The molecule has 0 radical (unpaired) electrons. The lowest BCUT2D eigenvalue weighted by Gasteiger charge is -2.10. The zero-order valence-corrected chi connectivity index (χ0v) is 9.84. The largest absolute Gasteiger partial charge is 0.396 e. The van der Waals surface area contributed by atoms with E-state index in [1.165, 1.54) is 25.7 Å². The van der Waals surface area contributed by atoms with Gasteiger partial charge in [-0.1, -0.05) is 39.0 Å². The van der Waals surface area contributed by atoms with Crippen LogP contribution in [0.15, 0.2) is 0 Å². The van der Waals surface area contributed by atoms with Gasteiger partial charge in [-0.3, -0.25) is 0 Å². The van der Waals surface area contributed by atoms with E-state index in [-0.39, 0.29) is 12.6 Å². The number of unbranched alkanes of at least 4 members (excludes halogenated alkanes) is 4. The van der Waals surface area contributed by atoms with Crippen molar-refractivity contribution in [3.8, 4) is 6.07 Å². The maximum Gasteiger partial charge on any atom is 0.0953 e. The lowest BCUT2D eigenvalue weighted by Crippen LogP contribution is -2.28. The van der Waals surface area contributed by atoms with Crippen LogP contribution in [0.25, 0.3) is 0 Å². The number of nitrogens with one attached hydrogen (secondary N) is 1. The van der Waals surface area contributed by atoms with Crippen molar-refractivity contribution in [3.63, 3.8) is 0 Å². The van der Waals surface area contributed by atoms with Gasteiger partial charge in [0.2, 0.25) is 0 Å². The molecule has 88 valence electrons. The summed E-state index contributed by atoms with van der Waals surface area (Å²) in [5.74, 6) is 0. The van der Waals surface area contributed by atoms with Crippen LogP contribution in [0.1, 0.15) is 51.9 Å². The van der Waals surface area contributed by atoms with Gasteiger partial charge in [0, 0.05) is 6.61 Å². The first-order chi connectivity index (χ1) is 7.35. The van der Waals surface area contributed by atoms with Gasteiger partial charge in [0.1, 0.15) is 0 Å². The van der Waals surface area contributed by atoms with Gasteiger partial charge in [-0.25, -0.2) is 0 Å². The monoisotopic (exact) mass is 212 g/mol. The molecule has 0 amide bonds. The third kappa shape index (κ3) is 9.71. The molecule has 0 aromatic rings. The normalized spacial score (nSPS) is 12.3. The Kier molecular flexibility index (Phi) is 11.0. The summed E-state index contributed by atoms with van der Waals surface area (Å²) in [5, 5.41) is 20.6. The van der Waals surface area contributed by atoms with Crippen molar-refractivity contribution in [1.82, 2.24) is 5.32 Å². The zero-order valence-electron chi connectivity index (χ0n) is 9.84. The summed E-state index contributed by atoms with van der Waals surface area (Å²) in [6, 6.07) is 2.23. The molecule has 0 aliphatic rings. The van der Waals surface area contributed by atoms with Crippen LogP contribution in [0.4, 0.5) is 0 Å². The number of nitriles is 1. The molecular weight excluding hydrogens is 188 g/mol. The van der Waals surface area contributed by atoms with Gasteiger partial charge in [0.05, 0.1) is 12.1 Å². The van der Waals surface area contributed by atoms with Gasteiger partial charge in [-0.2, -0.15) is 5.26 Å². The number of rotatable bonds is 10. The summed E-state index contributed by atoms with van der Waals surface area (Å²) in [5.41, 5.74) is 0. The van der Waals surface area contributed by atoms with E-state index in [2.05, 4.69) is 18.3 Å². The first-order valence-electron chi connectivity index (χ1n) is 6.09. The number of aliphatic hydroxyl groups excluding tert-OH is 1. The molecule has 0 aliphatic heterocycles. The van der Waals surface area contributed by atoms with E-state index >= 15 is 0 Å². The molecule has 1 unspecified atom stereocenters. The fourth-order valence-electron chi connectivity index (χ4n) is 1.52. The lowest BCUT2D eigenvalue weighted by atomic mass is 10.1. The van der Waals surface area contributed by atoms with Crippen LogP contribution in [0.3, 0.4) is 0 Å². The van der Waals surface area contributed by atoms with Crippen LogP contribution >= 0.6 is 0 Å². The molecule has 15 heavy (non-hydrogen) atoms. The molecule has 1 atom stereocenters. The second-order valence-electron chi connectivity index (χ2n) is 3.92. The van der Waals surface area contributed by atoms with E-state index in [1.54, 1.807) is 0 Å². The van der Waals surface area contributed by atoms with Crippen molar-refractivity contribution in [2.24, 2.45) is 0 Å². The molecule has 2 N–H and O–H groups in total. The quantitative estimate of drug-likeness (QED) is 0.546. The second-order valence-corrected chi connectivity index (χ2v) is 3.92. The van der Waals surface area contributed by atoms with Crippen LogP contribution in [0.2, 0.25) is 0 Å². The molecular formula is C12H24N2O. The summed E-state index contributed by atoms with van der Waals surface area (Å²) < 4.78 is 0. The standard InChI is InChI=1S/C12H24N2O/c1-2-3-4-5-6-8-12(11-13)14-9-7-10-15/h12,14-15H,2-10H2,1H3. The van der Waals surface area contributed by atoms with Crippen molar-refractivity contribution in [3.05, 3.63) is 0 Å². The number of hydrogen-bond acceptors (Lipinski definition) is 3. The Hall–Kier alpha value is -0.590. The van der Waals surface area contributed by atoms with E-state index in [0.29, 0.717) is 0 Å². The second kappa shape index (κ2) is 11.5. The molecule has 0 saturated carbocycles. The summed E-state index contributed by atoms with van der Waals surface area (Å²) in [4.78, 5) is 0. The predicted molar refractivity (Wildman–Crippen MR) is 62.5 cm³/mol. The fraction of sp³-hybridized carbons (Fsp3) is 0.917. The first kappa shape index (κ1) is 14.4. The van der Waals surface area contributed by atoms with Crippen molar-refractivity contribution in [2.75, 3.05) is 13.2 Å². The van der Waals surface area contributed by atoms with Gasteiger partial charge >= 0.3 is 0 Å². The Balaban J connectivity index is 3.33. The van der Waals surface area contributed by atoms with Crippen LogP contribution < -0.4 is 5.32 Å². The minimum Gasteiger partial charge on any atom is -0.396 e. The number of hydrogen-bond donors (Lipinski definition) is 2.